The molecule has 2 atom stereocenters. The Labute approximate surface area is 161 Å². The van der Waals surface area contributed by atoms with Gasteiger partial charge in [0.2, 0.25) is 5.78 Å². The van der Waals surface area contributed by atoms with E-state index in [4.69, 9.17) is 9.47 Å². The summed E-state index contributed by atoms with van der Waals surface area (Å²) in [5, 5.41) is 0. The van der Waals surface area contributed by atoms with Crippen molar-refractivity contribution in [2.24, 2.45) is 0 Å². The maximum Gasteiger partial charge on any atom is 0.204 e. The van der Waals surface area contributed by atoms with Gasteiger partial charge in [0.25, 0.3) is 0 Å². The van der Waals surface area contributed by atoms with Crippen molar-refractivity contribution in [3.8, 4) is 11.5 Å². The van der Waals surface area contributed by atoms with E-state index in [9.17, 15) is 13.6 Å². The lowest BCUT2D eigenvalue weighted by molar-refractivity contribution is 0.0817. The van der Waals surface area contributed by atoms with Gasteiger partial charge in [-0.05, 0) is 74.5 Å². The van der Waals surface area contributed by atoms with Crippen LogP contribution in [0.1, 0.15) is 36.0 Å². The zero-order chi connectivity index (χ0) is 20.1. The molecular weight excluding hydrogens is 364 g/mol. The Morgan fingerprint density at radius 3 is 1.86 bits per heavy atom. The Bertz CT molecular complexity index is 926. The van der Waals surface area contributed by atoms with Gasteiger partial charge in [-0.1, -0.05) is 0 Å². The standard InChI is InChI=1S/C22H19F2NO3/c1-14(27-19-8-4-17(23)5-9-19)21-12-3-16(13-25-21)22(26)15(2)28-20-10-6-18(24)7-11-20/h3-15H,1-2H3/t14-,15+/m0/s1. The van der Waals surface area contributed by atoms with Crippen molar-refractivity contribution < 1.29 is 23.0 Å². The average Bonchev–Trinajstić information content (AvgIpc) is 2.71. The molecule has 0 aliphatic rings. The predicted octanol–water partition coefficient (Wildman–Crippen LogP) is 5.15. The number of hydrogen-bond acceptors (Lipinski definition) is 4. The molecule has 0 saturated carbocycles. The number of ketones is 1. The minimum Gasteiger partial charge on any atom is -0.484 e. The number of carbonyl (C=O) groups excluding carboxylic acids is 1. The van der Waals surface area contributed by atoms with E-state index >= 15 is 0 Å². The highest BCUT2D eigenvalue weighted by Crippen LogP contribution is 2.21. The highest BCUT2D eigenvalue weighted by Gasteiger charge is 2.18. The normalized spacial score (nSPS) is 12.9. The molecule has 3 aromatic rings. The maximum absolute atomic E-state index is 13.0. The fraction of sp³-hybridized carbons (Fsp3) is 0.182. The van der Waals surface area contributed by atoms with E-state index in [0.717, 1.165) is 0 Å². The second kappa shape index (κ2) is 8.61. The molecule has 6 heteroatoms. The molecule has 144 valence electrons. The molecule has 3 rings (SSSR count). The number of hydrogen-bond donors (Lipinski definition) is 0. The van der Waals surface area contributed by atoms with Crippen LogP contribution in [0.4, 0.5) is 8.78 Å². The second-order valence-electron chi connectivity index (χ2n) is 6.26. The van der Waals surface area contributed by atoms with Crippen molar-refractivity contribution in [2.75, 3.05) is 0 Å². The molecule has 0 bridgehead atoms. The first-order valence-corrected chi connectivity index (χ1v) is 8.77. The molecule has 0 aliphatic carbocycles. The number of rotatable bonds is 7. The van der Waals surface area contributed by atoms with Crippen molar-refractivity contribution in [1.29, 1.82) is 0 Å². The minimum absolute atomic E-state index is 0.240. The SMILES string of the molecule is C[C@H](Oc1ccc(F)cc1)c1ccc(C(=O)[C@@H](C)Oc2ccc(F)cc2)cn1. The van der Waals surface area contributed by atoms with Crippen LogP contribution >= 0.6 is 0 Å². The Kier molecular flexibility index (Phi) is 5.99. The maximum atomic E-state index is 13.0. The number of benzene rings is 2. The van der Waals surface area contributed by atoms with E-state index in [1.54, 1.807) is 19.1 Å². The van der Waals surface area contributed by atoms with Crippen LogP contribution in [0, 0.1) is 11.6 Å². The van der Waals surface area contributed by atoms with E-state index in [2.05, 4.69) is 4.98 Å². The van der Waals surface area contributed by atoms with Crippen LogP contribution in [0.25, 0.3) is 0 Å². The van der Waals surface area contributed by atoms with Crippen molar-refractivity contribution in [3.05, 3.63) is 89.8 Å². The fourth-order valence-electron chi connectivity index (χ4n) is 2.57. The molecule has 1 aromatic heterocycles. The molecule has 0 fully saturated rings. The van der Waals surface area contributed by atoms with Gasteiger partial charge in [-0.25, -0.2) is 8.78 Å². The molecule has 0 aliphatic heterocycles. The van der Waals surface area contributed by atoms with Crippen LogP contribution in [0.3, 0.4) is 0 Å². The van der Waals surface area contributed by atoms with Gasteiger partial charge in [0.15, 0.2) is 6.10 Å². The number of aromatic nitrogens is 1. The number of pyridine rings is 1. The Hall–Kier alpha value is -3.28. The van der Waals surface area contributed by atoms with Gasteiger partial charge in [0.05, 0.1) is 5.69 Å². The molecule has 0 unspecified atom stereocenters. The number of ether oxygens (including phenoxy) is 2. The molecule has 1 heterocycles. The van der Waals surface area contributed by atoms with Gasteiger partial charge in [-0.3, -0.25) is 9.78 Å². The zero-order valence-corrected chi connectivity index (χ0v) is 15.4. The Morgan fingerprint density at radius 1 is 0.821 bits per heavy atom. The topological polar surface area (TPSA) is 48.4 Å². The van der Waals surface area contributed by atoms with Gasteiger partial charge >= 0.3 is 0 Å². The number of carbonyl (C=O) groups is 1. The highest BCUT2D eigenvalue weighted by molar-refractivity contribution is 5.99. The van der Waals surface area contributed by atoms with E-state index in [0.29, 0.717) is 22.8 Å². The largest absolute Gasteiger partial charge is 0.484 e. The summed E-state index contributed by atoms with van der Waals surface area (Å²) in [4.78, 5) is 16.8. The Morgan fingerprint density at radius 2 is 1.36 bits per heavy atom. The van der Waals surface area contributed by atoms with Crippen molar-refractivity contribution in [1.82, 2.24) is 4.98 Å². The summed E-state index contributed by atoms with van der Waals surface area (Å²) in [5.41, 5.74) is 1.03. The summed E-state index contributed by atoms with van der Waals surface area (Å²) in [6.07, 6.45) is 0.348. The third-order valence-corrected chi connectivity index (χ3v) is 4.11. The first-order valence-electron chi connectivity index (χ1n) is 8.77. The lowest BCUT2D eigenvalue weighted by Crippen LogP contribution is -2.24. The lowest BCUT2D eigenvalue weighted by atomic mass is 10.1. The fourth-order valence-corrected chi connectivity index (χ4v) is 2.57. The van der Waals surface area contributed by atoms with Gasteiger partial charge in [0.1, 0.15) is 29.2 Å². The van der Waals surface area contributed by atoms with Crippen LogP contribution in [-0.4, -0.2) is 16.9 Å². The van der Waals surface area contributed by atoms with Crippen LogP contribution in [0.2, 0.25) is 0 Å². The summed E-state index contributed by atoms with van der Waals surface area (Å²) in [7, 11) is 0. The van der Waals surface area contributed by atoms with Gasteiger partial charge in [-0.15, -0.1) is 0 Å². The summed E-state index contributed by atoms with van der Waals surface area (Å²) >= 11 is 0. The summed E-state index contributed by atoms with van der Waals surface area (Å²) in [6.45, 7) is 3.44. The predicted molar refractivity (Wildman–Crippen MR) is 101 cm³/mol. The van der Waals surface area contributed by atoms with Crippen LogP contribution in [0.15, 0.2) is 66.9 Å². The summed E-state index contributed by atoms with van der Waals surface area (Å²) in [6, 6.07) is 14.5. The third-order valence-electron chi connectivity index (χ3n) is 4.11. The summed E-state index contributed by atoms with van der Waals surface area (Å²) in [5.74, 6) is -0.0122. The number of nitrogens with zero attached hydrogens (tertiary/aromatic N) is 1. The first kappa shape index (κ1) is 19.5. The molecule has 28 heavy (non-hydrogen) atoms. The Balaban J connectivity index is 1.63. The molecule has 0 saturated heterocycles. The first-order chi connectivity index (χ1) is 13.4. The van der Waals surface area contributed by atoms with Gasteiger partial charge in [0, 0.05) is 11.8 Å². The lowest BCUT2D eigenvalue weighted by Gasteiger charge is -2.16. The zero-order valence-electron chi connectivity index (χ0n) is 15.4. The van der Waals surface area contributed by atoms with Crippen LogP contribution < -0.4 is 9.47 Å². The second-order valence-corrected chi connectivity index (χ2v) is 6.26. The monoisotopic (exact) mass is 383 g/mol. The average molecular weight is 383 g/mol. The smallest absolute Gasteiger partial charge is 0.204 e. The van der Waals surface area contributed by atoms with Gasteiger partial charge in [-0.2, -0.15) is 0 Å². The third kappa shape index (κ3) is 4.91. The molecule has 0 spiro atoms. The molecule has 0 N–H and O–H groups in total. The minimum atomic E-state index is -0.744. The molecule has 0 radical (unpaired) electrons. The summed E-state index contributed by atoms with van der Waals surface area (Å²) < 4.78 is 37.2. The van der Waals surface area contributed by atoms with E-state index in [1.807, 2.05) is 6.92 Å². The quantitative estimate of drug-likeness (QED) is 0.530. The number of Topliss-reactive ketones (excluding diaryl/α,β-unsaturated/α-hetero) is 1. The van der Waals surface area contributed by atoms with E-state index in [1.165, 1.54) is 54.7 Å². The van der Waals surface area contributed by atoms with Gasteiger partial charge < -0.3 is 9.47 Å². The van der Waals surface area contributed by atoms with Crippen molar-refractivity contribution in [2.45, 2.75) is 26.1 Å². The molecule has 4 nitrogen and oxygen atoms in total. The van der Waals surface area contributed by atoms with E-state index < -0.39 is 6.10 Å². The van der Waals surface area contributed by atoms with E-state index in [-0.39, 0.29) is 23.5 Å². The molecule has 2 aromatic carbocycles. The van der Waals surface area contributed by atoms with Crippen molar-refractivity contribution >= 4 is 5.78 Å². The highest BCUT2D eigenvalue weighted by atomic mass is 19.1. The van der Waals surface area contributed by atoms with Crippen molar-refractivity contribution in [3.63, 3.8) is 0 Å². The van der Waals surface area contributed by atoms with Crippen LogP contribution in [0.5, 0.6) is 11.5 Å². The van der Waals surface area contributed by atoms with Crippen LogP contribution in [-0.2, 0) is 0 Å². The molecular formula is C22H19F2NO3. The number of halogens is 2. The molecule has 0 amide bonds.